The highest BCUT2D eigenvalue weighted by atomic mass is 14.0. The van der Waals surface area contributed by atoms with Gasteiger partial charge in [-0.15, -0.1) is 0 Å². The molecule has 0 radical (unpaired) electrons. The number of hydrogen-bond acceptors (Lipinski definition) is 0. The van der Waals surface area contributed by atoms with Crippen molar-refractivity contribution >= 4 is 0 Å². The third-order valence-electron chi connectivity index (χ3n) is 1.85. The van der Waals surface area contributed by atoms with Gasteiger partial charge in [-0.1, -0.05) is 31.2 Å². The summed E-state index contributed by atoms with van der Waals surface area (Å²) in [5, 5.41) is 0. The smallest absolute Gasteiger partial charge is 0.0163 e. The zero-order chi connectivity index (χ0) is 7.40. The van der Waals surface area contributed by atoms with Crippen LogP contribution in [-0.4, -0.2) is 0 Å². The van der Waals surface area contributed by atoms with Crippen molar-refractivity contribution in [2.45, 2.75) is 26.7 Å². The van der Waals surface area contributed by atoms with E-state index in [1.54, 1.807) is 0 Å². The van der Waals surface area contributed by atoms with Crippen LogP contribution < -0.4 is 0 Å². The minimum absolute atomic E-state index is 1.08. The summed E-state index contributed by atoms with van der Waals surface area (Å²) in [7, 11) is 0. The number of hydrogen-bond donors (Lipinski definition) is 0. The summed E-state index contributed by atoms with van der Waals surface area (Å²) in [5.74, 6) is 0. The first-order chi connectivity index (χ1) is 4.84. The summed E-state index contributed by atoms with van der Waals surface area (Å²) in [6, 6.07) is 0. The summed E-state index contributed by atoms with van der Waals surface area (Å²) >= 11 is 0. The van der Waals surface area contributed by atoms with Crippen LogP contribution in [0.15, 0.2) is 35.5 Å². The van der Waals surface area contributed by atoms with E-state index in [0.717, 1.165) is 12.8 Å². The maximum Gasteiger partial charge on any atom is -0.0163 e. The van der Waals surface area contributed by atoms with Crippen LogP contribution in [0.3, 0.4) is 0 Å². The summed E-state index contributed by atoms with van der Waals surface area (Å²) in [5.41, 5.74) is 2.88. The predicted molar refractivity (Wildman–Crippen MR) is 45.9 cm³/mol. The molecule has 0 saturated heterocycles. The van der Waals surface area contributed by atoms with Gasteiger partial charge in [-0.25, -0.2) is 0 Å². The molecule has 0 spiro atoms. The molecule has 0 amide bonds. The Labute approximate surface area is 62.9 Å². The maximum atomic E-state index is 2.23. The second-order valence-electron chi connectivity index (χ2n) is 2.60. The van der Waals surface area contributed by atoms with E-state index < -0.39 is 0 Å². The van der Waals surface area contributed by atoms with Gasteiger partial charge in [0.1, 0.15) is 0 Å². The highest BCUT2D eigenvalue weighted by Crippen LogP contribution is 2.14. The Morgan fingerprint density at radius 3 is 2.70 bits per heavy atom. The molecule has 0 atom stereocenters. The summed E-state index contributed by atoms with van der Waals surface area (Å²) in [4.78, 5) is 0. The molecule has 1 rings (SSSR count). The molecule has 1 aliphatic rings. The normalized spacial score (nSPS) is 17.8. The largest absolute Gasteiger partial charge is 0.0805 e. The molecule has 0 nitrogen and oxygen atoms in total. The Bertz CT molecular complexity index is 192. The Hall–Kier alpha value is -0.780. The fraction of sp³-hybridized carbons (Fsp3) is 0.400. The molecule has 0 N–H and O–H groups in total. The van der Waals surface area contributed by atoms with Gasteiger partial charge in [-0.2, -0.15) is 0 Å². The Morgan fingerprint density at radius 1 is 1.30 bits per heavy atom. The van der Waals surface area contributed by atoms with Crippen molar-refractivity contribution < 1.29 is 0 Å². The van der Waals surface area contributed by atoms with Gasteiger partial charge in [0.05, 0.1) is 0 Å². The monoisotopic (exact) mass is 134 g/mol. The highest BCUT2D eigenvalue weighted by Gasteiger charge is 1.94. The Morgan fingerprint density at radius 2 is 2.00 bits per heavy atom. The van der Waals surface area contributed by atoms with E-state index in [1.807, 2.05) is 0 Å². The molecule has 0 aromatic carbocycles. The Balaban J connectivity index is 2.88. The SMILES string of the molecule is CCC1=C(C)C=CCC=C1. The van der Waals surface area contributed by atoms with Crippen molar-refractivity contribution in [2.24, 2.45) is 0 Å². The van der Waals surface area contributed by atoms with Gasteiger partial charge in [0, 0.05) is 0 Å². The van der Waals surface area contributed by atoms with Crippen molar-refractivity contribution in [3.05, 3.63) is 35.5 Å². The van der Waals surface area contributed by atoms with Crippen molar-refractivity contribution in [3.8, 4) is 0 Å². The van der Waals surface area contributed by atoms with Crippen LogP contribution in [0.2, 0.25) is 0 Å². The first-order valence-corrected chi connectivity index (χ1v) is 3.87. The van der Waals surface area contributed by atoms with Gasteiger partial charge in [0.2, 0.25) is 0 Å². The lowest BCUT2D eigenvalue weighted by atomic mass is 10.1. The lowest BCUT2D eigenvalue weighted by Crippen LogP contribution is -1.77. The summed E-state index contributed by atoms with van der Waals surface area (Å²) in [6.45, 7) is 4.37. The van der Waals surface area contributed by atoms with E-state index in [9.17, 15) is 0 Å². The lowest BCUT2D eigenvalue weighted by molar-refractivity contribution is 1.12. The van der Waals surface area contributed by atoms with E-state index >= 15 is 0 Å². The molecule has 0 aliphatic heterocycles. The van der Waals surface area contributed by atoms with Gasteiger partial charge in [-0.05, 0) is 30.9 Å². The second-order valence-corrected chi connectivity index (χ2v) is 2.60. The van der Waals surface area contributed by atoms with Crippen molar-refractivity contribution in [1.82, 2.24) is 0 Å². The van der Waals surface area contributed by atoms with Crippen LogP contribution in [0.1, 0.15) is 26.7 Å². The first-order valence-electron chi connectivity index (χ1n) is 3.87. The van der Waals surface area contributed by atoms with Gasteiger partial charge in [0.25, 0.3) is 0 Å². The molecule has 0 heteroatoms. The zero-order valence-electron chi connectivity index (χ0n) is 6.72. The number of rotatable bonds is 1. The average Bonchev–Trinajstić information content (AvgIpc) is 2.13. The molecule has 10 heavy (non-hydrogen) atoms. The van der Waals surface area contributed by atoms with E-state index in [-0.39, 0.29) is 0 Å². The molecule has 0 heterocycles. The second kappa shape index (κ2) is 3.40. The molecule has 0 fully saturated rings. The molecule has 0 aromatic heterocycles. The van der Waals surface area contributed by atoms with E-state index in [0.29, 0.717) is 0 Å². The quantitative estimate of drug-likeness (QED) is 0.516. The molecule has 0 unspecified atom stereocenters. The molecule has 0 saturated carbocycles. The van der Waals surface area contributed by atoms with Crippen LogP contribution in [0.25, 0.3) is 0 Å². The van der Waals surface area contributed by atoms with Crippen LogP contribution >= 0.6 is 0 Å². The van der Waals surface area contributed by atoms with Crippen LogP contribution in [0, 0.1) is 0 Å². The third kappa shape index (κ3) is 1.60. The molecular formula is C10H14. The topological polar surface area (TPSA) is 0 Å². The summed E-state index contributed by atoms with van der Waals surface area (Å²) in [6.07, 6.45) is 11.1. The molecule has 0 bridgehead atoms. The lowest BCUT2D eigenvalue weighted by Gasteiger charge is -1.98. The van der Waals surface area contributed by atoms with Gasteiger partial charge in [-0.3, -0.25) is 0 Å². The molecule has 1 aliphatic carbocycles. The molecule has 54 valence electrons. The zero-order valence-corrected chi connectivity index (χ0v) is 6.72. The van der Waals surface area contributed by atoms with Crippen molar-refractivity contribution in [2.75, 3.05) is 0 Å². The fourth-order valence-electron chi connectivity index (χ4n) is 1.17. The molecular weight excluding hydrogens is 120 g/mol. The average molecular weight is 134 g/mol. The van der Waals surface area contributed by atoms with E-state index in [2.05, 4.69) is 38.2 Å². The van der Waals surface area contributed by atoms with Crippen molar-refractivity contribution in [3.63, 3.8) is 0 Å². The third-order valence-corrected chi connectivity index (χ3v) is 1.85. The van der Waals surface area contributed by atoms with Crippen molar-refractivity contribution in [1.29, 1.82) is 0 Å². The minimum Gasteiger partial charge on any atom is -0.0805 e. The van der Waals surface area contributed by atoms with Gasteiger partial charge in [0.15, 0.2) is 0 Å². The van der Waals surface area contributed by atoms with E-state index in [4.69, 9.17) is 0 Å². The van der Waals surface area contributed by atoms with Gasteiger partial charge >= 0.3 is 0 Å². The number of allylic oxidation sites excluding steroid dienone is 6. The minimum atomic E-state index is 1.08. The fourth-order valence-corrected chi connectivity index (χ4v) is 1.17. The molecule has 0 aromatic rings. The van der Waals surface area contributed by atoms with E-state index in [1.165, 1.54) is 11.1 Å². The standard InChI is InChI=1S/C10H14/c1-3-10-8-6-4-5-7-9(10)2/h5-8H,3-4H2,1-2H3. The Kier molecular flexibility index (Phi) is 2.49. The predicted octanol–water partition coefficient (Wildman–Crippen LogP) is 3.23. The highest BCUT2D eigenvalue weighted by molar-refractivity contribution is 5.34. The maximum absolute atomic E-state index is 2.23. The van der Waals surface area contributed by atoms with Crippen LogP contribution in [0.4, 0.5) is 0 Å². The van der Waals surface area contributed by atoms with Crippen LogP contribution in [0.5, 0.6) is 0 Å². The summed E-state index contributed by atoms with van der Waals surface area (Å²) < 4.78 is 0. The van der Waals surface area contributed by atoms with Gasteiger partial charge < -0.3 is 0 Å². The van der Waals surface area contributed by atoms with Crippen LogP contribution in [-0.2, 0) is 0 Å². The first kappa shape index (κ1) is 7.33.